The van der Waals surface area contributed by atoms with Gasteiger partial charge in [-0.05, 0) is 44.0 Å². The van der Waals surface area contributed by atoms with Crippen LogP contribution in [-0.4, -0.2) is 17.6 Å². The number of hydrogen-bond donors (Lipinski definition) is 1. The number of aryl methyl sites for hydroxylation is 2. The number of anilines is 2. The largest absolute Gasteiger partial charge is 0.466 e. The van der Waals surface area contributed by atoms with E-state index in [-0.39, 0.29) is 12.4 Å². The first-order valence-electron chi connectivity index (χ1n) is 6.63. The SMILES string of the molecule is CCOC(=O)Cc1csc(Nc2c(C)cc(Br)cc2C)n1. The van der Waals surface area contributed by atoms with E-state index in [0.29, 0.717) is 6.61 Å². The number of benzene rings is 1. The van der Waals surface area contributed by atoms with Crippen molar-refractivity contribution in [2.45, 2.75) is 27.2 Å². The Morgan fingerprint density at radius 2 is 2.05 bits per heavy atom. The van der Waals surface area contributed by atoms with E-state index in [1.807, 2.05) is 19.2 Å². The van der Waals surface area contributed by atoms with E-state index < -0.39 is 0 Å². The van der Waals surface area contributed by atoms with Gasteiger partial charge in [-0.15, -0.1) is 11.3 Å². The Morgan fingerprint density at radius 3 is 2.67 bits per heavy atom. The van der Waals surface area contributed by atoms with Crippen LogP contribution in [0.3, 0.4) is 0 Å². The Balaban J connectivity index is 2.11. The van der Waals surface area contributed by atoms with Crippen molar-refractivity contribution >= 4 is 44.1 Å². The molecule has 4 nitrogen and oxygen atoms in total. The standard InChI is InChI=1S/C15H17BrN2O2S/c1-4-20-13(19)7-12-8-21-15(17-12)18-14-9(2)5-11(16)6-10(14)3/h5-6,8H,4,7H2,1-3H3,(H,17,18). The summed E-state index contributed by atoms with van der Waals surface area (Å²) >= 11 is 4.97. The maximum atomic E-state index is 11.4. The lowest BCUT2D eigenvalue weighted by Gasteiger charge is -2.11. The minimum absolute atomic E-state index is 0.213. The molecule has 112 valence electrons. The number of thiazole rings is 1. The van der Waals surface area contributed by atoms with E-state index in [4.69, 9.17) is 4.74 Å². The average molecular weight is 369 g/mol. The maximum Gasteiger partial charge on any atom is 0.311 e. The van der Waals surface area contributed by atoms with E-state index in [1.165, 1.54) is 11.3 Å². The van der Waals surface area contributed by atoms with Gasteiger partial charge < -0.3 is 10.1 Å². The van der Waals surface area contributed by atoms with Crippen LogP contribution in [0.5, 0.6) is 0 Å². The Bertz CT molecular complexity index is 632. The van der Waals surface area contributed by atoms with Crippen molar-refractivity contribution in [2.24, 2.45) is 0 Å². The maximum absolute atomic E-state index is 11.4. The molecule has 0 aliphatic rings. The molecule has 0 atom stereocenters. The van der Waals surface area contributed by atoms with Crippen LogP contribution in [0.25, 0.3) is 0 Å². The zero-order valence-electron chi connectivity index (χ0n) is 12.2. The fourth-order valence-electron chi connectivity index (χ4n) is 2.02. The molecule has 0 unspecified atom stereocenters. The molecule has 0 fully saturated rings. The lowest BCUT2D eigenvalue weighted by atomic mass is 10.1. The van der Waals surface area contributed by atoms with Gasteiger partial charge in [0.05, 0.1) is 18.7 Å². The smallest absolute Gasteiger partial charge is 0.311 e. The molecule has 0 amide bonds. The molecule has 6 heteroatoms. The second kappa shape index (κ2) is 7.04. The van der Waals surface area contributed by atoms with Gasteiger partial charge in [-0.3, -0.25) is 4.79 Å². The fraction of sp³-hybridized carbons (Fsp3) is 0.333. The highest BCUT2D eigenvalue weighted by Gasteiger charge is 2.10. The molecule has 1 heterocycles. The molecule has 0 aliphatic carbocycles. The fourth-order valence-corrected chi connectivity index (χ4v) is 3.42. The van der Waals surface area contributed by atoms with Crippen molar-refractivity contribution in [2.75, 3.05) is 11.9 Å². The van der Waals surface area contributed by atoms with Crippen molar-refractivity contribution in [1.82, 2.24) is 4.98 Å². The molecule has 0 saturated carbocycles. The third-order valence-corrected chi connectivity index (χ3v) is 4.18. The van der Waals surface area contributed by atoms with Gasteiger partial charge in [-0.1, -0.05) is 15.9 Å². The van der Waals surface area contributed by atoms with E-state index >= 15 is 0 Å². The second-order valence-corrected chi connectivity index (χ2v) is 6.44. The molecule has 0 spiro atoms. The second-order valence-electron chi connectivity index (χ2n) is 4.67. The first-order chi connectivity index (χ1) is 9.99. The van der Waals surface area contributed by atoms with Crippen molar-refractivity contribution in [3.8, 4) is 0 Å². The third-order valence-electron chi connectivity index (χ3n) is 2.91. The molecule has 1 aromatic heterocycles. The van der Waals surface area contributed by atoms with Crippen LogP contribution >= 0.6 is 27.3 Å². The van der Waals surface area contributed by atoms with Crippen LogP contribution in [0, 0.1) is 13.8 Å². The number of rotatable bonds is 5. The number of nitrogens with one attached hydrogen (secondary N) is 1. The number of esters is 1. The minimum Gasteiger partial charge on any atom is -0.466 e. The zero-order chi connectivity index (χ0) is 15.4. The van der Waals surface area contributed by atoms with Crippen LogP contribution in [0.15, 0.2) is 22.0 Å². The summed E-state index contributed by atoms with van der Waals surface area (Å²) in [5, 5.41) is 5.99. The number of nitrogens with zero attached hydrogens (tertiary/aromatic N) is 1. The molecular formula is C15H17BrN2O2S. The summed E-state index contributed by atoms with van der Waals surface area (Å²) < 4.78 is 5.99. The topological polar surface area (TPSA) is 51.2 Å². The van der Waals surface area contributed by atoms with Crippen LogP contribution in [0.2, 0.25) is 0 Å². The molecule has 0 radical (unpaired) electrons. The van der Waals surface area contributed by atoms with Gasteiger partial charge in [0.15, 0.2) is 5.13 Å². The van der Waals surface area contributed by atoms with Crippen LogP contribution in [-0.2, 0) is 16.0 Å². The van der Waals surface area contributed by atoms with Crippen molar-refractivity contribution in [3.05, 3.63) is 38.8 Å². The summed E-state index contributed by atoms with van der Waals surface area (Å²) in [6.07, 6.45) is 0.213. The van der Waals surface area contributed by atoms with Crippen molar-refractivity contribution in [1.29, 1.82) is 0 Å². The van der Waals surface area contributed by atoms with Gasteiger partial charge in [0, 0.05) is 15.5 Å². The Hall–Kier alpha value is -1.40. The van der Waals surface area contributed by atoms with E-state index in [0.717, 1.165) is 32.1 Å². The van der Waals surface area contributed by atoms with Crippen LogP contribution in [0.4, 0.5) is 10.8 Å². The summed E-state index contributed by atoms with van der Waals surface area (Å²) in [6.45, 7) is 6.29. The van der Waals surface area contributed by atoms with Gasteiger partial charge in [0.25, 0.3) is 0 Å². The quantitative estimate of drug-likeness (QED) is 0.795. The summed E-state index contributed by atoms with van der Waals surface area (Å²) in [7, 11) is 0. The molecule has 21 heavy (non-hydrogen) atoms. The number of hydrogen-bond acceptors (Lipinski definition) is 5. The van der Waals surface area contributed by atoms with Gasteiger partial charge in [0.1, 0.15) is 0 Å². The first-order valence-corrected chi connectivity index (χ1v) is 8.30. The monoisotopic (exact) mass is 368 g/mol. The molecule has 0 bridgehead atoms. The van der Waals surface area contributed by atoms with Crippen LogP contribution < -0.4 is 5.32 Å². The summed E-state index contributed by atoms with van der Waals surface area (Å²) in [5.41, 5.74) is 4.07. The normalized spacial score (nSPS) is 10.5. The highest BCUT2D eigenvalue weighted by atomic mass is 79.9. The van der Waals surface area contributed by atoms with E-state index in [1.54, 1.807) is 6.92 Å². The van der Waals surface area contributed by atoms with Crippen molar-refractivity contribution in [3.63, 3.8) is 0 Å². The molecule has 0 aliphatic heterocycles. The highest BCUT2D eigenvalue weighted by molar-refractivity contribution is 9.10. The summed E-state index contributed by atoms with van der Waals surface area (Å²) in [4.78, 5) is 15.9. The average Bonchev–Trinajstić information content (AvgIpc) is 2.81. The predicted octanol–water partition coefficient (Wildman–Crippen LogP) is 4.37. The molecule has 2 rings (SSSR count). The van der Waals surface area contributed by atoms with Gasteiger partial charge in [-0.25, -0.2) is 4.98 Å². The van der Waals surface area contributed by atoms with E-state index in [2.05, 4.69) is 38.4 Å². The lowest BCUT2D eigenvalue weighted by molar-refractivity contribution is -0.142. The number of aromatic nitrogens is 1. The zero-order valence-corrected chi connectivity index (χ0v) is 14.6. The summed E-state index contributed by atoms with van der Waals surface area (Å²) in [5.74, 6) is -0.245. The number of carbonyl (C=O) groups excluding carboxylic acids is 1. The number of carbonyl (C=O) groups is 1. The Labute approximate surface area is 136 Å². The highest BCUT2D eigenvalue weighted by Crippen LogP contribution is 2.29. The third kappa shape index (κ3) is 4.28. The Morgan fingerprint density at radius 1 is 1.38 bits per heavy atom. The van der Waals surface area contributed by atoms with Gasteiger partial charge >= 0.3 is 5.97 Å². The molecule has 1 aromatic carbocycles. The molecular weight excluding hydrogens is 352 g/mol. The van der Waals surface area contributed by atoms with Gasteiger partial charge in [0.2, 0.25) is 0 Å². The predicted molar refractivity (Wildman–Crippen MR) is 89.3 cm³/mol. The summed E-state index contributed by atoms with van der Waals surface area (Å²) in [6, 6.07) is 4.12. The Kier molecular flexibility index (Phi) is 5.36. The van der Waals surface area contributed by atoms with Gasteiger partial charge in [-0.2, -0.15) is 0 Å². The van der Waals surface area contributed by atoms with Crippen LogP contribution in [0.1, 0.15) is 23.7 Å². The lowest BCUT2D eigenvalue weighted by Crippen LogP contribution is -2.07. The molecule has 0 saturated heterocycles. The van der Waals surface area contributed by atoms with E-state index in [9.17, 15) is 4.79 Å². The first kappa shape index (κ1) is 16.0. The molecule has 1 N–H and O–H groups in total. The number of halogens is 1. The minimum atomic E-state index is -0.245. The number of ether oxygens (including phenoxy) is 1. The van der Waals surface area contributed by atoms with Crippen molar-refractivity contribution < 1.29 is 9.53 Å². The molecule has 2 aromatic rings.